The van der Waals surface area contributed by atoms with E-state index in [0.29, 0.717) is 36.2 Å². The topological polar surface area (TPSA) is 82.6 Å². The van der Waals surface area contributed by atoms with Crippen LogP contribution in [0.15, 0.2) is 59.7 Å². The summed E-state index contributed by atoms with van der Waals surface area (Å²) < 4.78 is 11.8. The van der Waals surface area contributed by atoms with Gasteiger partial charge in [-0.15, -0.1) is 0 Å². The highest BCUT2D eigenvalue weighted by molar-refractivity contribution is 6.31. The summed E-state index contributed by atoms with van der Waals surface area (Å²) in [6, 6.07) is 11.6. The number of rotatable bonds is 9. The molecule has 1 saturated heterocycles. The average Bonchev–Trinajstić information content (AvgIpc) is 2.96. The first-order chi connectivity index (χ1) is 20.6. The Hall–Kier alpha value is -3.33. The highest BCUT2D eigenvalue weighted by atomic mass is 35.5. The van der Waals surface area contributed by atoms with E-state index in [1.165, 1.54) is 0 Å². The van der Waals surface area contributed by atoms with E-state index in [9.17, 15) is 14.7 Å². The Morgan fingerprint density at radius 2 is 1.79 bits per heavy atom. The number of halogens is 1. The summed E-state index contributed by atoms with van der Waals surface area (Å²) in [6.07, 6.45) is 6.27. The highest BCUT2D eigenvalue weighted by Gasteiger charge is 2.41. The maximum atomic E-state index is 13.9. The second-order valence-corrected chi connectivity index (χ2v) is 12.4. The van der Waals surface area contributed by atoms with Crippen LogP contribution in [0.2, 0.25) is 0 Å². The molecule has 3 aliphatic rings. The molecule has 8 nitrogen and oxygen atoms in total. The van der Waals surface area contributed by atoms with Gasteiger partial charge in [-0.05, 0) is 73.7 Å². The van der Waals surface area contributed by atoms with Gasteiger partial charge in [-0.25, -0.2) is 0 Å². The van der Waals surface area contributed by atoms with E-state index in [1.54, 1.807) is 7.11 Å². The number of amides is 2. The minimum atomic E-state index is -0.284. The van der Waals surface area contributed by atoms with Gasteiger partial charge in [0.25, 0.3) is 0 Å². The molecule has 4 atom stereocenters. The molecule has 0 saturated carbocycles. The summed E-state index contributed by atoms with van der Waals surface area (Å²) >= 11 is 6.38. The van der Waals surface area contributed by atoms with E-state index in [2.05, 4.69) is 13.0 Å². The van der Waals surface area contributed by atoms with E-state index in [0.717, 1.165) is 28.9 Å². The Morgan fingerprint density at radius 1 is 1.05 bits per heavy atom. The van der Waals surface area contributed by atoms with Crippen LogP contribution in [-0.4, -0.2) is 72.7 Å². The zero-order chi connectivity index (χ0) is 30.8. The highest BCUT2D eigenvalue weighted by Crippen LogP contribution is 2.47. The van der Waals surface area contributed by atoms with Gasteiger partial charge in [-0.1, -0.05) is 42.8 Å². The molecule has 2 aliphatic heterocycles. The molecule has 1 fully saturated rings. The fourth-order valence-corrected chi connectivity index (χ4v) is 6.81. The van der Waals surface area contributed by atoms with E-state index in [1.807, 2.05) is 84.0 Å². The van der Waals surface area contributed by atoms with Crippen LogP contribution in [0.3, 0.4) is 0 Å². The van der Waals surface area contributed by atoms with Crippen LogP contribution < -0.4 is 14.4 Å². The third-order valence-corrected chi connectivity index (χ3v) is 8.99. The number of methoxy groups -OCH3 is 1. The largest absolute Gasteiger partial charge is 0.493 e. The van der Waals surface area contributed by atoms with E-state index < -0.39 is 0 Å². The fourth-order valence-electron chi connectivity index (χ4n) is 6.54. The van der Waals surface area contributed by atoms with Gasteiger partial charge in [-0.3, -0.25) is 14.5 Å². The predicted molar refractivity (Wildman–Crippen MR) is 169 cm³/mol. The van der Waals surface area contributed by atoms with Gasteiger partial charge < -0.3 is 24.4 Å². The van der Waals surface area contributed by atoms with Gasteiger partial charge in [0.2, 0.25) is 11.8 Å². The molecule has 2 aromatic carbocycles. The molecule has 1 aliphatic carbocycles. The molecule has 9 heteroatoms. The van der Waals surface area contributed by atoms with Crippen molar-refractivity contribution < 1.29 is 24.2 Å². The van der Waals surface area contributed by atoms with Crippen molar-refractivity contribution in [3.8, 4) is 11.5 Å². The van der Waals surface area contributed by atoms with Gasteiger partial charge in [0.15, 0.2) is 11.5 Å². The van der Waals surface area contributed by atoms with Crippen molar-refractivity contribution in [1.29, 1.82) is 0 Å². The van der Waals surface area contributed by atoms with Crippen LogP contribution in [0.1, 0.15) is 56.5 Å². The van der Waals surface area contributed by atoms with Crippen LogP contribution in [0.25, 0.3) is 0 Å². The molecule has 5 rings (SSSR count). The third kappa shape index (κ3) is 6.47. The van der Waals surface area contributed by atoms with Crippen molar-refractivity contribution >= 4 is 29.1 Å². The molecule has 2 amide bonds. The summed E-state index contributed by atoms with van der Waals surface area (Å²) in [5, 5.41) is 9.94. The summed E-state index contributed by atoms with van der Waals surface area (Å²) in [5.74, 6) is 1.41. The molecule has 3 unspecified atom stereocenters. The molecule has 230 valence electrons. The number of nitrogens with zero attached hydrogens (tertiary/aromatic N) is 3. The Kier molecular flexibility index (Phi) is 9.49. The minimum absolute atomic E-state index is 0.00862. The van der Waals surface area contributed by atoms with Crippen LogP contribution in [0, 0.1) is 11.8 Å². The van der Waals surface area contributed by atoms with Crippen molar-refractivity contribution in [3.05, 3.63) is 76.3 Å². The zero-order valence-corrected chi connectivity index (χ0v) is 26.4. The number of aliphatic hydroxyl groups excluding tert-OH is 1. The number of hydrogen-bond acceptors (Lipinski definition) is 6. The monoisotopic (exact) mass is 607 g/mol. The fraction of sp³-hybridized carbons (Fsp3) is 0.471. The molecule has 1 N–H and O–H groups in total. The maximum absolute atomic E-state index is 13.9. The van der Waals surface area contributed by atoms with E-state index >= 15 is 0 Å². The first-order valence-corrected chi connectivity index (χ1v) is 15.5. The molecular weight excluding hydrogens is 566 g/mol. The second-order valence-electron chi connectivity index (χ2n) is 12.0. The number of aliphatic hydroxyl groups is 1. The van der Waals surface area contributed by atoms with Crippen molar-refractivity contribution in [2.24, 2.45) is 11.8 Å². The molecule has 0 radical (unpaired) electrons. The summed E-state index contributed by atoms with van der Waals surface area (Å²) in [7, 11) is 1.62. The van der Waals surface area contributed by atoms with E-state index in [4.69, 9.17) is 21.1 Å². The van der Waals surface area contributed by atoms with Gasteiger partial charge in [0.05, 0.1) is 44.9 Å². The third-order valence-electron chi connectivity index (χ3n) is 8.74. The SMILES string of the molecule is COc1cc2c(cc1OC(C)C)[C@H](C1C=CC(Cl)=CC1C)N(c1ccc(C(C)N3CCN(CCO)CC3=O)cc1)C(=O)C2. The molecule has 43 heavy (non-hydrogen) atoms. The summed E-state index contributed by atoms with van der Waals surface area (Å²) in [6.45, 7) is 10.3. The quantitative estimate of drug-likeness (QED) is 0.419. The Morgan fingerprint density at radius 3 is 2.42 bits per heavy atom. The van der Waals surface area contributed by atoms with Gasteiger partial charge in [-0.2, -0.15) is 0 Å². The lowest BCUT2D eigenvalue weighted by Crippen LogP contribution is -2.51. The van der Waals surface area contributed by atoms with Crippen LogP contribution in [0.5, 0.6) is 11.5 Å². The number of ether oxygens (including phenoxy) is 2. The average molecular weight is 608 g/mol. The van der Waals surface area contributed by atoms with Crippen LogP contribution >= 0.6 is 11.6 Å². The van der Waals surface area contributed by atoms with Crippen LogP contribution in [-0.2, 0) is 16.0 Å². The van der Waals surface area contributed by atoms with Crippen LogP contribution in [0.4, 0.5) is 5.69 Å². The summed E-state index contributed by atoms with van der Waals surface area (Å²) in [5.41, 5.74) is 3.78. The number of allylic oxidation sites excluding steroid dienone is 3. The van der Waals surface area contributed by atoms with E-state index in [-0.39, 0.29) is 54.9 Å². The Labute approximate surface area is 259 Å². The number of anilines is 1. The minimum Gasteiger partial charge on any atom is -0.493 e. The lowest BCUT2D eigenvalue weighted by molar-refractivity contribution is -0.138. The Bertz CT molecular complexity index is 1410. The molecular formula is C34H42ClN3O5. The summed E-state index contributed by atoms with van der Waals surface area (Å²) in [4.78, 5) is 32.6. The van der Waals surface area contributed by atoms with Gasteiger partial charge >= 0.3 is 0 Å². The predicted octanol–water partition coefficient (Wildman–Crippen LogP) is 5.26. The number of carbonyl (C=O) groups is 2. The number of β-amino-alcohol motifs (C(OH)–C–C–N with tert-alkyl or cyclic N) is 1. The lowest BCUT2D eigenvalue weighted by atomic mass is 9.76. The van der Waals surface area contributed by atoms with Crippen molar-refractivity contribution in [2.45, 2.75) is 52.3 Å². The van der Waals surface area contributed by atoms with Gasteiger partial charge in [0, 0.05) is 36.3 Å². The van der Waals surface area contributed by atoms with Crippen molar-refractivity contribution in [3.63, 3.8) is 0 Å². The molecule has 0 aromatic heterocycles. The molecule has 2 heterocycles. The standard InChI is InChI=1S/C34H42ClN3O5/c1-21(2)43-31-19-29-25(17-30(31)42-5)18-32(40)38(34(29)28-11-8-26(35)16-22(28)3)27-9-6-24(7-10-27)23(4)37-13-12-36(14-15-39)20-33(37)41/h6-11,16-17,19,21-23,28,34,39H,12-15,18,20H2,1-5H3/t22?,23?,28?,34-/m0/s1. The number of carbonyl (C=O) groups excluding carboxylic acids is 2. The Balaban J connectivity index is 1.49. The van der Waals surface area contributed by atoms with Crippen molar-refractivity contribution in [1.82, 2.24) is 9.80 Å². The number of benzene rings is 2. The van der Waals surface area contributed by atoms with Gasteiger partial charge in [0.1, 0.15) is 0 Å². The zero-order valence-electron chi connectivity index (χ0n) is 25.6. The first kappa shape index (κ1) is 31.1. The second kappa shape index (κ2) is 13.1. The molecule has 2 aromatic rings. The molecule has 0 bridgehead atoms. The number of piperazine rings is 1. The lowest BCUT2D eigenvalue weighted by Gasteiger charge is -2.43. The molecule has 0 spiro atoms. The number of hydrogen-bond donors (Lipinski definition) is 1. The van der Waals surface area contributed by atoms with Crippen molar-refractivity contribution in [2.75, 3.05) is 44.8 Å². The maximum Gasteiger partial charge on any atom is 0.237 e. The smallest absolute Gasteiger partial charge is 0.237 e. The normalized spacial score (nSPS) is 23.3. The first-order valence-electron chi connectivity index (χ1n) is 15.1. The number of fused-ring (bicyclic) bond motifs is 1.